The molecule has 0 aliphatic carbocycles. The maximum Gasteiger partial charge on any atom is 0.331 e. The average Bonchev–Trinajstić information content (AvgIpc) is 2.76. The van der Waals surface area contributed by atoms with E-state index < -0.39 is 5.97 Å². The highest BCUT2D eigenvalue weighted by molar-refractivity contribution is 5.89. The van der Waals surface area contributed by atoms with Gasteiger partial charge in [0.05, 0.1) is 13.2 Å². The zero-order chi connectivity index (χ0) is 20.6. The number of hydrogen-bond donors (Lipinski definition) is 1. The van der Waals surface area contributed by atoms with Gasteiger partial charge in [-0.2, -0.15) is 0 Å². The van der Waals surface area contributed by atoms with Gasteiger partial charge in [0.15, 0.2) is 18.1 Å². The van der Waals surface area contributed by atoms with Crippen LogP contribution in [0.15, 0.2) is 48.5 Å². The lowest BCUT2D eigenvalue weighted by atomic mass is 10.1. The molecule has 29 heavy (non-hydrogen) atoms. The second kappa shape index (κ2) is 9.64. The summed E-state index contributed by atoms with van der Waals surface area (Å²) in [6.45, 7) is 2.41. The Morgan fingerprint density at radius 3 is 2.69 bits per heavy atom. The number of amides is 1. The Balaban J connectivity index is 1.53. The summed E-state index contributed by atoms with van der Waals surface area (Å²) in [6, 6.07) is 12.8. The number of carbonyl (C=O) groups excluding carboxylic acids is 2. The van der Waals surface area contributed by atoms with Crippen molar-refractivity contribution in [1.82, 2.24) is 5.32 Å². The lowest BCUT2D eigenvalue weighted by Crippen LogP contribution is -2.30. The number of ether oxygens (including phenoxy) is 4. The number of methoxy groups -OCH3 is 1. The van der Waals surface area contributed by atoms with Gasteiger partial charge in [-0.25, -0.2) is 4.79 Å². The van der Waals surface area contributed by atoms with E-state index in [-0.39, 0.29) is 18.6 Å². The van der Waals surface area contributed by atoms with Crippen LogP contribution in [0.5, 0.6) is 17.2 Å². The first-order valence-corrected chi connectivity index (χ1v) is 9.23. The Bertz CT molecular complexity index is 876. The minimum atomic E-state index is -0.624. The van der Waals surface area contributed by atoms with Crippen LogP contribution in [-0.4, -0.2) is 38.8 Å². The van der Waals surface area contributed by atoms with Gasteiger partial charge < -0.3 is 24.3 Å². The van der Waals surface area contributed by atoms with Gasteiger partial charge in [0.2, 0.25) is 5.75 Å². The second-order valence-corrected chi connectivity index (χ2v) is 6.39. The maximum atomic E-state index is 12.0. The summed E-state index contributed by atoms with van der Waals surface area (Å²) in [5, 5.41) is 2.79. The zero-order valence-corrected chi connectivity index (χ0v) is 16.3. The van der Waals surface area contributed by atoms with Crippen LogP contribution >= 0.6 is 0 Å². The zero-order valence-electron chi connectivity index (χ0n) is 16.3. The SMILES string of the molecule is COc1cc(/C=C/C(=O)OCC(=O)N[C@H](C)c2ccccc2)cc2c1OCCO2. The van der Waals surface area contributed by atoms with Gasteiger partial charge in [0.1, 0.15) is 13.2 Å². The van der Waals surface area contributed by atoms with Crippen molar-refractivity contribution in [1.29, 1.82) is 0 Å². The summed E-state index contributed by atoms with van der Waals surface area (Å²) < 4.78 is 21.4. The molecule has 0 saturated carbocycles. The Hall–Kier alpha value is -3.48. The van der Waals surface area contributed by atoms with Crippen molar-refractivity contribution >= 4 is 18.0 Å². The molecule has 0 spiro atoms. The van der Waals surface area contributed by atoms with Gasteiger partial charge in [-0.15, -0.1) is 0 Å². The number of fused-ring (bicyclic) bond motifs is 1. The van der Waals surface area contributed by atoms with Crippen LogP contribution in [0.4, 0.5) is 0 Å². The highest BCUT2D eigenvalue weighted by Crippen LogP contribution is 2.40. The number of nitrogens with one attached hydrogen (secondary N) is 1. The molecule has 2 aromatic rings. The summed E-state index contributed by atoms with van der Waals surface area (Å²) in [5.74, 6) is 0.621. The van der Waals surface area contributed by atoms with Crippen LogP contribution in [0.2, 0.25) is 0 Å². The third kappa shape index (κ3) is 5.51. The number of rotatable bonds is 7. The second-order valence-electron chi connectivity index (χ2n) is 6.39. The van der Waals surface area contributed by atoms with E-state index in [4.69, 9.17) is 18.9 Å². The average molecular weight is 397 g/mol. The van der Waals surface area contributed by atoms with E-state index in [9.17, 15) is 9.59 Å². The molecule has 0 radical (unpaired) electrons. The molecule has 0 bridgehead atoms. The quantitative estimate of drug-likeness (QED) is 0.571. The molecule has 1 N–H and O–H groups in total. The Morgan fingerprint density at radius 1 is 1.17 bits per heavy atom. The normalized spacial score (nSPS) is 13.6. The van der Waals surface area contributed by atoms with E-state index in [1.165, 1.54) is 13.2 Å². The monoisotopic (exact) mass is 397 g/mol. The first-order chi connectivity index (χ1) is 14.1. The molecule has 0 unspecified atom stereocenters. The third-order valence-corrected chi connectivity index (χ3v) is 4.28. The minimum Gasteiger partial charge on any atom is -0.493 e. The third-order valence-electron chi connectivity index (χ3n) is 4.28. The van der Waals surface area contributed by atoms with Crippen molar-refractivity contribution < 1.29 is 28.5 Å². The van der Waals surface area contributed by atoms with Crippen LogP contribution in [0.3, 0.4) is 0 Å². The van der Waals surface area contributed by atoms with E-state index in [0.29, 0.717) is 36.0 Å². The maximum absolute atomic E-state index is 12.0. The summed E-state index contributed by atoms with van der Waals surface area (Å²) in [7, 11) is 1.53. The van der Waals surface area contributed by atoms with Crippen molar-refractivity contribution in [3.05, 3.63) is 59.7 Å². The highest BCUT2D eigenvalue weighted by atomic mass is 16.6. The molecule has 0 saturated heterocycles. The fourth-order valence-electron chi connectivity index (χ4n) is 2.85. The predicted octanol–water partition coefficient (Wildman–Crippen LogP) is 2.90. The fourth-order valence-corrected chi connectivity index (χ4v) is 2.85. The molecule has 7 heteroatoms. The van der Waals surface area contributed by atoms with Crippen molar-refractivity contribution in [3.63, 3.8) is 0 Å². The Kier molecular flexibility index (Phi) is 6.73. The highest BCUT2D eigenvalue weighted by Gasteiger charge is 2.18. The van der Waals surface area contributed by atoms with Crippen LogP contribution in [0, 0.1) is 0 Å². The number of hydrogen-bond acceptors (Lipinski definition) is 6. The molecule has 1 heterocycles. The Labute approximate surface area is 169 Å². The van der Waals surface area contributed by atoms with E-state index in [1.807, 2.05) is 37.3 Å². The summed E-state index contributed by atoms with van der Waals surface area (Å²) in [6.07, 6.45) is 2.81. The van der Waals surface area contributed by atoms with Crippen LogP contribution in [-0.2, 0) is 14.3 Å². The smallest absolute Gasteiger partial charge is 0.331 e. The van der Waals surface area contributed by atoms with Crippen molar-refractivity contribution in [2.24, 2.45) is 0 Å². The topological polar surface area (TPSA) is 83.1 Å². The van der Waals surface area contributed by atoms with E-state index in [0.717, 1.165) is 5.56 Å². The summed E-state index contributed by atoms with van der Waals surface area (Å²) in [4.78, 5) is 23.9. The Morgan fingerprint density at radius 2 is 1.93 bits per heavy atom. The number of esters is 1. The molecule has 1 atom stereocenters. The van der Waals surface area contributed by atoms with E-state index >= 15 is 0 Å². The largest absolute Gasteiger partial charge is 0.493 e. The predicted molar refractivity (Wildman–Crippen MR) is 107 cm³/mol. The van der Waals surface area contributed by atoms with Gasteiger partial charge >= 0.3 is 5.97 Å². The van der Waals surface area contributed by atoms with Crippen LogP contribution in [0.1, 0.15) is 24.1 Å². The molecule has 2 aromatic carbocycles. The van der Waals surface area contributed by atoms with Gasteiger partial charge in [-0.1, -0.05) is 30.3 Å². The summed E-state index contributed by atoms with van der Waals surface area (Å²) in [5.41, 5.74) is 1.66. The van der Waals surface area contributed by atoms with Gasteiger partial charge in [0, 0.05) is 6.08 Å². The molecule has 152 valence electrons. The fraction of sp³-hybridized carbons (Fsp3) is 0.273. The van der Waals surface area contributed by atoms with E-state index in [2.05, 4.69) is 5.32 Å². The van der Waals surface area contributed by atoms with Crippen LogP contribution in [0.25, 0.3) is 6.08 Å². The molecule has 1 amide bonds. The van der Waals surface area contributed by atoms with Crippen molar-refractivity contribution in [3.8, 4) is 17.2 Å². The number of carbonyl (C=O) groups is 2. The lowest BCUT2D eigenvalue weighted by Gasteiger charge is -2.20. The molecule has 3 rings (SSSR count). The summed E-state index contributed by atoms with van der Waals surface area (Å²) >= 11 is 0. The first kappa shape index (κ1) is 20.3. The minimum absolute atomic E-state index is 0.178. The van der Waals surface area contributed by atoms with Gasteiger partial charge in [-0.05, 0) is 36.3 Å². The standard InChI is InChI=1S/C22H23NO6/c1-15(17-6-4-3-5-7-17)23-20(24)14-29-21(25)9-8-16-12-18(26-2)22-19(13-16)27-10-11-28-22/h3-9,12-13,15H,10-11,14H2,1-2H3,(H,23,24)/b9-8+/t15-/m1/s1. The molecule has 7 nitrogen and oxygen atoms in total. The van der Waals surface area contributed by atoms with Crippen molar-refractivity contribution in [2.45, 2.75) is 13.0 Å². The van der Waals surface area contributed by atoms with Gasteiger partial charge in [0.25, 0.3) is 5.91 Å². The molecular formula is C22H23NO6. The first-order valence-electron chi connectivity index (χ1n) is 9.23. The molecule has 1 aliphatic rings. The van der Waals surface area contributed by atoms with Crippen LogP contribution < -0.4 is 19.5 Å². The van der Waals surface area contributed by atoms with Crippen molar-refractivity contribution in [2.75, 3.05) is 26.9 Å². The van der Waals surface area contributed by atoms with Gasteiger partial charge in [-0.3, -0.25) is 4.79 Å². The molecule has 0 fully saturated rings. The molecule has 0 aromatic heterocycles. The van der Waals surface area contributed by atoms with E-state index in [1.54, 1.807) is 18.2 Å². The lowest BCUT2D eigenvalue weighted by molar-refractivity contribution is -0.144. The molecular weight excluding hydrogens is 374 g/mol. The number of benzene rings is 2. The molecule has 1 aliphatic heterocycles.